The Morgan fingerprint density at radius 3 is 2.02 bits per heavy atom. The van der Waals surface area contributed by atoms with E-state index in [-0.39, 0.29) is 52.6 Å². The van der Waals surface area contributed by atoms with Crippen LogP contribution in [0, 0.1) is 50.2 Å². The third kappa shape index (κ3) is 7.49. The first-order chi connectivity index (χ1) is 29.9. The van der Waals surface area contributed by atoms with Crippen LogP contribution in [-0.4, -0.2) is 169 Å². The van der Waals surface area contributed by atoms with Crippen molar-refractivity contribution in [3.8, 4) is 0 Å². The molecule has 8 aliphatic rings. The summed E-state index contributed by atoms with van der Waals surface area (Å²) in [7, 11) is 0. The predicted molar refractivity (Wildman–Crippen MR) is 225 cm³/mol. The van der Waals surface area contributed by atoms with Gasteiger partial charge in [-0.05, 0) is 111 Å². The Balaban J connectivity index is 1.08. The molecular weight excluding hydrogens is 837 g/mol. The summed E-state index contributed by atoms with van der Waals surface area (Å²) in [6.07, 6.45) is -12.2. The van der Waals surface area contributed by atoms with Gasteiger partial charge >= 0.3 is 5.97 Å². The summed E-state index contributed by atoms with van der Waals surface area (Å²) >= 11 is 0. The van der Waals surface area contributed by atoms with Gasteiger partial charge in [-0.15, -0.1) is 0 Å². The van der Waals surface area contributed by atoms with Gasteiger partial charge in [0.2, 0.25) is 0 Å². The summed E-state index contributed by atoms with van der Waals surface area (Å²) in [6.45, 7) is 13.9. The molecule has 7 fully saturated rings. The van der Waals surface area contributed by atoms with Gasteiger partial charge in [0.25, 0.3) is 0 Å². The first-order valence-corrected chi connectivity index (χ1v) is 23.7. The van der Waals surface area contributed by atoms with Gasteiger partial charge in [0.05, 0.1) is 37.4 Å². The molecule has 3 heterocycles. The molecule has 17 heteroatoms. The van der Waals surface area contributed by atoms with Crippen LogP contribution < -0.4 is 0 Å². The van der Waals surface area contributed by atoms with E-state index < -0.39 is 116 Å². The van der Waals surface area contributed by atoms with Crippen LogP contribution >= 0.6 is 0 Å². The molecule has 0 amide bonds. The molecule has 0 bridgehead atoms. The van der Waals surface area contributed by atoms with Crippen molar-refractivity contribution in [1.82, 2.24) is 0 Å². The molecule has 5 aliphatic carbocycles. The maximum atomic E-state index is 13.2. The van der Waals surface area contributed by atoms with E-state index in [4.69, 9.17) is 28.4 Å². The van der Waals surface area contributed by atoms with Gasteiger partial charge in [-0.25, -0.2) is 0 Å². The molecule has 4 saturated carbocycles. The summed E-state index contributed by atoms with van der Waals surface area (Å²) in [6, 6.07) is 0. The van der Waals surface area contributed by atoms with Crippen molar-refractivity contribution in [2.24, 2.45) is 50.2 Å². The van der Waals surface area contributed by atoms with E-state index in [1.54, 1.807) is 0 Å². The van der Waals surface area contributed by atoms with Crippen LogP contribution in [0.2, 0.25) is 0 Å². The molecule has 17 nitrogen and oxygen atoms in total. The Kier molecular flexibility index (Phi) is 13.2. The summed E-state index contributed by atoms with van der Waals surface area (Å²) in [5.74, 6) is -0.473. The first kappa shape index (κ1) is 49.0. The summed E-state index contributed by atoms with van der Waals surface area (Å²) in [5, 5.41) is 108. The van der Waals surface area contributed by atoms with E-state index >= 15 is 0 Å². The van der Waals surface area contributed by atoms with Crippen molar-refractivity contribution in [2.75, 3.05) is 19.8 Å². The number of hydrogen-bond acceptors (Lipinski definition) is 16. The monoisotopic (exact) mass is 913 g/mol. The van der Waals surface area contributed by atoms with Crippen molar-refractivity contribution in [3.63, 3.8) is 0 Å². The molecular formula is C47H76O17. The lowest BCUT2D eigenvalue weighted by molar-refractivity contribution is -0.388. The molecule has 23 atom stereocenters. The lowest BCUT2D eigenvalue weighted by Gasteiger charge is -2.71. The predicted octanol–water partition coefficient (Wildman–Crippen LogP) is 1.35. The SMILES string of the molecule is C[C@@H]1O[C@@H](O[C@H]2[C@H](O[C@@H]3CC[C@@]4(C)[C@@H](CC[C@]5(C)[C@@H]4CC=C4[C@@H]6CC(C)(C)CC[C@]6(C(=O)O)CC[C@]45C)[C@]3(C)CO)OC[C@H](O)[C@@H]2O[C@@H]2O[C@H](CO)[C@@H](O)[C@H](O)[C@H]2O)[C@H](O)[C@H](O)[C@H]1O. The Morgan fingerprint density at radius 2 is 1.36 bits per heavy atom. The topological polar surface area (TPSA) is 275 Å². The number of aliphatic carboxylic acids is 1. The second-order valence-corrected chi connectivity index (χ2v) is 22.9. The number of carboxylic acids is 1. The van der Waals surface area contributed by atoms with E-state index in [0.29, 0.717) is 19.3 Å². The summed E-state index contributed by atoms with van der Waals surface area (Å²) in [4.78, 5) is 13.2. The number of aliphatic hydroxyl groups is 9. The van der Waals surface area contributed by atoms with E-state index in [9.17, 15) is 55.9 Å². The smallest absolute Gasteiger partial charge is 0.310 e. The van der Waals surface area contributed by atoms with Crippen LogP contribution in [0.4, 0.5) is 0 Å². The fourth-order valence-corrected chi connectivity index (χ4v) is 14.8. The van der Waals surface area contributed by atoms with E-state index in [2.05, 4.69) is 40.7 Å². The third-order valence-corrected chi connectivity index (χ3v) is 19.1. The average Bonchev–Trinajstić information content (AvgIpc) is 3.24. The number of ether oxygens (including phenoxy) is 6. The molecule has 8 rings (SSSR count). The molecule has 64 heavy (non-hydrogen) atoms. The number of rotatable bonds is 9. The number of carboxylic acid groups (broad SMARTS) is 1. The highest BCUT2D eigenvalue weighted by atomic mass is 16.8. The van der Waals surface area contributed by atoms with Gasteiger partial charge in [0.15, 0.2) is 18.9 Å². The minimum atomic E-state index is -1.83. The van der Waals surface area contributed by atoms with Crippen LogP contribution in [0.25, 0.3) is 0 Å². The highest BCUT2D eigenvalue weighted by molar-refractivity contribution is 5.76. The van der Waals surface area contributed by atoms with Crippen molar-refractivity contribution >= 4 is 5.97 Å². The van der Waals surface area contributed by atoms with Crippen LogP contribution in [0.5, 0.6) is 0 Å². The van der Waals surface area contributed by atoms with Crippen molar-refractivity contribution in [2.45, 2.75) is 205 Å². The number of allylic oxidation sites excluding steroid dienone is 2. The minimum absolute atomic E-state index is 0.0167. The highest BCUT2D eigenvalue weighted by Crippen LogP contribution is 2.76. The molecule has 0 unspecified atom stereocenters. The number of aliphatic hydroxyl groups excluding tert-OH is 9. The first-order valence-electron chi connectivity index (χ1n) is 23.7. The zero-order valence-corrected chi connectivity index (χ0v) is 38.5. The molecule has 0 aromatic carbocycles. The second kappa shape index (κ2) is 17.2. The Bertz CT molecular complexity index is 1750. The van der Waals surface area contributed by atoms with Gasteiger partial charge in [0, 0.05) is 5.41 Å². The molecule has 366 valence electrons. The number of fused-ring (bicyclic) bond motifs is 7. The molecule has 0 spiro atoms. The van der Waals surface area contributed by atoms with Crippen molar-refractivity contribution in [1.29, 1.82) is 0 Å². The zero-order chi connectivity index (χ0) is 46.7. The van der Waals surface area contributed by atoms with Gasteiger partial charge in [-0.1, -0.05) is 53.2 Å². The molecule has 0 aromatic heterocycles. The van der Waals surface area contributed by atoms with Crippen LogP contribution in [0.3, 0.4) is 0 Å². The van der Waals surface area contributed by atoms with E-state index in [1.165, 1.54) is 12.5 Å². The Morgan fingerprint density at radius 1 is 0.719 bits per heavy atom. The van der Waals surface area contributed by atoms with Crippen LogP contribution in [0.1, 0.15) is 113 Å². The zero-order valence-electron chi connectivity index (χ0n) is 38.5. The molecule has 0 radical (unpaired) electrons. The van der Waals surface area contributed by atoms with Crippen LogP contribution in [0.15, 0.2) is 11.6 Å². The Labute approximate surface area is 376 Å². The maximum absolute atomic E-state index is 13.2. The van der Waals surface area contributed by atoms with Gasteiger partial charge in [0.1, 0.15) is 61.0 Å². The highest BCUT2D eigenvalue weighted by Gasteiger charge is 2.70. The van der Waals surface area contributed by atoms with Crippen molar-refractivity contribution < 1.29 is 84.3 Å². The molecule has 10 N–H and O–H groups in total. The average molecular weight is 913 g/mol. The standard InChI is InChI=1S/C47H76O17/c1-22-30(51)32(53)34(55)38(60-22)64-37-36(63-39-35(56)33(54)31(52)26(19-48)61-39)25(50)20-59-40(37)62-29-11-12-43(4)27(44(29,5)21-49)10-13-46(7)28(43)9-8-23-24-18-42(2,3)14-16-47(24,41(57)58)17-15-45(23,46)6/h8,22,24-40,48-56H,9-21H2,1-7H3,(H,57,58)/t22-,24-,25-,26+,27+,28+,29+,30-,31+,32+,33-,34+,35+,36-,37+,38-,39-,40-,43-,44-,45+,46+,47-/m0/s1. The van der Waals surface area contributed by atoms with Gasteiger partial charge in [-0.2, -0.15) is 0 Å². The fourth-order valence-electron chi connectivity index (χ4n) is 14.8. The molecule has 3 aliphatic heterocycles. The molecule has 3 saturated heterocycles. The summed E-state index contributed by atoms with van der Waals surface area (Å²) in [5.41, 5.74) is -0.765. The fraction of sp³-hybridized carbons (Fsp3) is 0.936. The normalized spacial score (nSPS) is 55.0. The van der Waals surface area contributed by atoms with E-state index in [1.807, 2.05) is 6.92 Å². The maximum Gasteiger partial charge on any atom is 0.310 e. The lowest BCUT2D eigenvalue weighted by Crippen LogP contribution is -2.67. The minimum Gasteiger partial charge on any atom is -0.481 e. The quantitative estimate of drug-likeness (QED) is 0.116. The van der Waals surface area contributed by atoms with Crippen LogP contribution in [-0.2, 0) is 33.2 Å². The van der Waals surface area contributed by atoms with Gasteiger partial charge in [-0.3, -0.25) is 4.79 Å². The Hall–Kier alpha value is -1.39. The molecule has 0 aromatic rings. The summed E-state index contributed by atoms with van der Waals surface area (Å²) < 4.78 is 36.9. The van der Waals surface area contributed by atoms with E-state index in [0.717, 1.165) is 44.9 Å². The number of hydrogen-bond donors (Lipinski definition) is 10. The number of carbonyl (C=O) groups is 1. The van der Waals surface area contributed by atoms with Gasteiger partial charge < -0.3 is 79.5 Å². The largest absolute Gasteiger partial charge is 0.481 e. The second-order valence-electron chi connectivity index (χ2n) is 22.9. The lowest BCUT2D eigenvalue weighted by atomic mass is 9.33. The third-order valence-electron chi connectivity index (χ3n) is 19.1. The van der Waals surface area contributed by atoms with Crippen molar-refractivity contribution in [3.05, 3.63) is 11.6 Å².